The fourth-order valence-corrected chi connectivity index (χ4v) is 7.50. The van der Waals surface area contributed by atoms with Crippen LogP contribution in [0.5, 0.6) is 0 Å². The molecule has 0 N–H and O–H groups in total. The van der Waals surface area contributed by atoms with Crippen LogP contribution in [-0.4, -0.2) is 0 Å². The van der Waals surface area contributed by atoms with E-state index in [9.17, 15) is 0 Å². The monoisotopic (exact) mass is 612 g/mol. The number of hydrogen-bond acceptors (Lipinski definition) is 2. The molecule has 10 aromatic rings. The van der Waals surface area contributed by atoms with E-state index >= 15 is 0 Å². The van der Waals surface area contributed by atoms with E-state index < -0.39 is 0 Å². The second kappa shape index (κ2) is 10.6. The first kappa shape index (κ1) is 26.8. The largest absolute Gasteiger partial charge is 0.464 e. The highest BCUT2D eigenvalue weighted by Gasteiger charge is 2.19. The van der Waals surface area contributed by atoms with E-state index in [1.165, 1.54) is 49.4 Å². The van der Waals surface area contributed by atoms with Gasteiger partial charge < -0.3 is 8.83 Å². The van der Waals surface area contributed by atoms with Gasteiger partial charge in [-0.25, -0.2) is 0 Å². The van der Waals surface area contributed by atoms with Crippen molar-refractivity contribution in [2.24, 2.45) is 0 Å². The molecule has 2 nitrogen and oxygen atoms in total. The first-order chi connectivity index (χ1) is 23.8. The first-order valence-corrected chi connectivity index (χ1v) is 16.3. The lowest BCUT2D eigenvalue weighted by Crippen LogP contribution is -1.91. The quantitative estimate of drug-likeness (QED) is 0.185. The molecule has 0 fully saturated rings. The van der Waals surface area contributed by atoms with Crippen molar-refractivity contribution in [3.05, 3.63) is 170 Å². The summed E-state index contributed by atoms with van der Waals surface area (Å²) < 4.78 is 12.6. The summed E-state index contributed by atoms with van der Waals surface area (Å²) in [4.78, 5) is 0. The molecule has 10 rings (SSSR count). The summed E-state index contributed by atoms with van der Waals surface area (Å²) in [6.07, 6.45) is 1.85. The van der Waals surface area contributed by atoms with Crippen molar-refractivity contribution < 1.29 is 8.83 Å². The number of hydrogen-bond donors (Lipinski definition) is 0. The Hall–Kier alpha value is -6.38. The summed E-state index contributed by atoms with van der Waals surface area (Å²) in [6, 6.07) is 58.4. The van der Waals surface area contributed by atoms with E-state index in [4.69, 9.17) is 8.83 Å². The molecule has 0 aliphatic carbocycles. The van der Waals surface area contributed by atoms with Crippen LogP contribution in [0.3, 0.4) is 0 Å². The average molecular weight is 613 g/mol. The number of fused-ring (bicyclic) bond motifs is 6. The highest BCUT2D eigenvalue weighted by atomic mass is 16.3. The standard InChI is InChI=1S/C46H28O2/c1-3-11-29(12-4-1)30-19-21-32(22-20-30)45-34-15-7-9-17-36(34)46(37-18-10-8-16-35(37)45)33-23-24-42-38(25-33)39-26-43-40(27-44(39)48-42)41(28-47-43)31-13-5-2-6-14-31/h1-28H. The van der Waals surface area contributed by atoms with Gasteiger partial charge in [-0.05, 0) is 84.8 Å². The van der Waals surface area contributed by atoms with Crippen LogP contribution in [0.4, 0.5) is 0 Å². The molecule has 0 unspecified atom stereocenters. The Morgan fingerprint density at radius 2 is 0.771 bits per heavy atom. The van der Waals surface area contributed by atoms with Gasteiger partial charge in [0.05, 0.1) is 6.26 Å². The smallest absolute Gasteiger partial charge is 0.136 e. The minimum Gasteiger partial charge on any atom is -0.464 e. The van der Waals surface area contributed by atoms with Crippen molar-refractivity contribution in [3.8, 4) is 44.5 Å². The van der Waals surface area contributed by atoms with Gasteiger partial charge in [0, 0.05) is 21.7 Å². The Kier molecular flexibility index (Phi) is 5.91. The predicted octanol–water partition coefficient (Wildman–Crippen LogP) is 13.3. The molecule has 0 aliphatic rings. The molecular formula is C46H28O2. The molecule has 0 spiro atoms. The van der Waals surface area contributed by atoms with Crippen LogP contribution in [0.2, 0.25) is 0 Å². The summed E-state index contributed by atoms with van der Waals surface area (Å²) in [5, 5.41) is 8.12. The minimum atomic E-state index is 0.855. The van der Waals surface area contributed by atoms with E-state index in [0.29, 0.717) is 0 Å². The molecule has 0 amide bonds. The lowest BCUT2D eigenvalue weighted by atomic mass is 9.85. The van der Waals surface area contributed by atoms with E-state index in [0.717, 1.165) is 49.6 Å². The maximum Gasteiger partial charge on any atom is 0.136 e. The highest BCUT2D eigenvalue weighted by Crippen LogP contribution is 2.45. The molecule has 0 saturated carbocycles. The first-order valence-electron chi connectivity index (χ1n) is 16.3. The van der Waals surface area contributed by atoms with Gasteiger partial charge in [-0.15, -0.1) is 0 Å². The van der Waals surface area contributed by atoms with Crippen molar-refractivity contribution in [3.63, 3.8) is 0 Å². The van der Waals surface area contributed by atoms with Crippen molar-refractivity contribution in [2.45, 2.75) is 0 Å². The molecule has 2 heteroatoms. The number of rotatable bonds is 4. The summed E-state index contributed by atoms with van der Waals surface area (Å²) in [5.74, 6) is 0. The van der Waals surface area contributed by atoms with Crippen LogP contribution in [0.15, 0.2) is 179 Å². The van der Waals surface area contributed by atoms with Gasteiger partial charge in [0.15, 0.2) is 0 Å². The van der Waals surface area contributed by atoms with Crippen LogP contribution < -0.4 is 0 Å². The summed E-state index contributed by atoms with van der Waals surface area (Å²) in [6.45, 7) is 0. The predicted molar refractivity (Wildman–Crippen MR) is 200 cm³/mol. The van der Waals surface area contributed by atoms with Crippen molar-refractivity contribution in [1.29, 1.82) is 0 Å². The lowest BCUT2D eigenvalue weighted by Gasteiger charge is -2.18. The Balaban J connectivity index is 1.17. The maximum absolute atomic E-state index is 6.46. The highest BCUT2D eigenvalue weighted by molar-refractivity contribution is 6.22. The third-order valence-electron chi connectivity index (χ3n) is 9.75. The Morgan fingerprint density at radius 1 is 0.292 bits per heavy atom. The Labute approximate surface area is 277 Å². The van der Waals surface area contributed by atoms with Gasteiger partial charge >= 0.3 is 0 Å². The average Bonchev–Trinajstić information content (AvgIpc) is 3.74. The van der Waals surface area contributed by atoms with E-state index in [1.54, 1.807) is 0 Å². The molecule has 0 saturated heterocycles. The molecule has 48 heavy (non-hydrogen) atoms. The van der Waals surface area contributed by atoms with Crippen LogP contribution >= 0.6 is 0 Å². The molecular weight excluding hydrogens is 585 g/mol. The van der Waals surface area contributed by atoms with Gasteiger partial charge in [0.25, 0.3) is 0 Å². The van der Waals surface area contributed by atoms with Crippen molar-refractivity contribution in [2.75, 3.05) is 0 Å². The molecule has 0 aliphatic heterocycles. The van der Waals surface area contributed by atoms with Crippen LogP contribution in [-0.2, 0) is 0 Å². The molecule has 0 bridgehead atoms. The maximum atomic E-state index is 6.46. The lowest BCUT2D eigenvalue weighted by molar-refractivity contribution is 0.617. The third-order valence-corrected chi connectivity index (χ3v) is 9.75. The van der Waals surface area contributed by atoms with E-state index in [2.05, 4.69) is 158 Å². The zero-order valence-corrected chi connectivity index (χ0v) is 26.0. The summed E-state index contributed by atoms with van der Waals surface area (Å²) in [7, 11) is 0. The van der Waals surface area contributed by atoms with Crippen LogP contribution in [0.25, 0.3) is 99.0 Å². The summed E-state index contributed by atoms with van der Waals surface area (Å²) >= 11 is 0. The van der Waals surface area contributed by atoms with Crippen LogP contribution in [0.1, 0.15) is 0 Å². The molecule has 0 atom stereocenters. The van der Waals surface area contributed by atoms with Gasteiger partial charge in [-0.3, -0.25) is 0 Å². The SMILES string of the molecule is c1ccc(-c2ccc(-c3c4ccccc4c(-c4ccc5oc6cc7c(-c8ccccc8)coc7cc6c5c4)c4ccccc34)cc2)cc1. The zero-order valence-electron chi connectivity index (χ0n) is 26.0. The van der Waals surface area contributed by atoms with Crippen molar-refractivity contribution in [1.82, 2.24) is 0 Å². The second-order valence-electron chi connectivity index (χ2n) is 12.5. The van der Waals surface area contributed by atoms with Gasteiger partial charge in [-0.1, -0.05) is 140 Å². The number of furan rings is 2. The fourth-order valence-electron chi connectivity index (χ4n) is 7.50. The molecule has 2 heterocycles. The van der Waals surface area contributed by atoms with Gasteiger partial charge in [0.2, 0.25) is 0 Å². The molecule has 2 aromatic heterocycles. The van der Waals surface area contributed by atoms with Gasteiger partial charge in [0.1, 0.15) is 16.7 Å². The Bertz CT molecular complexity index is 2750. The van der Waals surface area contributed by atoms with E-state index in [-0.39, 0.29) is 0 Å². The second-order valence-corrected chi connectivity index (χ2v) is 12.5. The number of benzene rings is 8. The van der Waals surface area contributed by atoms with Gasteiger partial charge in [-0.2, -0.15) is 0 Å². The minimum absolute atomic E-state index is 0.855. The topological polar surface area (TPSA) is 26.3 Å². The molecule has 8 aromatic carbocycles. The molecule has 224 valence electrons. The Morgan fingerprint density at radius 3 is 1.42 bits per heavy atom. The summed E-state index contributed by atoms with van der Waals surface area (Å²) in [5.41, 5.74) is 12.1. The third kappa shape index (κ3) is 4.13. The van der Waals surface area contributed by atoms with Crippen molar-refractivity contribution >= 4 is 54.5 Å². The normalized spacial score (nSPS) is 11.8. The zero-order chi connectivity index (χ0) is 31.6. The van der Waals surface area contributed by atoms with E-state index in [1.807, 2.05) is 12.3 Å². The molecule has 0 radical (unpaired) electrons. The fraction of sp³-hybridized carbons (Fsp3) is 0. The van der Waals surface area contributed by atoms with Crippen LogP contribution in [0, 0.1) is 0 Å².